The van der Waals surface area contributed by atoms with E-state index >= 15 is 0 Å². The molecule has 0 radical (unpaired) electrons. The Morgan fingerprint density at radius 1 is 1.41 bits per heavy atom. The average molecular weight is 318 g/mol. The fourth-order valence-electron chi connectivity index (χ4n) is 1.97. The van der Waals surface area contributed by atoms with Gasteiger partial charge < -0.3 is 15.0 Å². The van der Waals surface area contributed by atoms with Crippen molar-refractivity contribution >= 4 is 40.2 Å². The maximum absolute atomic E-state index is 11.8. The van der Waals surface area contributed by atoms with Crippen molar-refractivity contribution in [2.75, 3.05) is 11.9 Å². The molecule has 0 aliphatic heterocycles. The SMILES string of the molecule is CCOC(=O)c1cccc(Nc2nc(Cl)nc3[nH]cnc23)c1. The number of nitrogens with one attached hydrogen (secondary N) is 2. The van der Waals surface area contributed by atoms with E-state index < -0.39 is 0 Å². The lowest BCUT2D eigenvalue weighted by Crippen LogP contribution is -2.05. The van der Waals surface area contributed by atoms with E-state index in [4.69, 9.17) is 16.3 Å². The number of H-pyrrole nitrogens is 1. The summed E-state index contributed by atoms with van der Waals surface area (Å²) in [5.74, 6) is 0.0778. The minimum absolute atomic E-state index is 0.0980. The molecule has 2 aromatic heterocycles. The number of aromatic nitrogens is 4. The number of nitrogens with zero attached hydrogens (tertiary/aromatic N) is 3. The van der Waals surface area contributed by atoms with Crippen LogP contribution in [0.2, 0.25) is 5.28 Å². The molecule has 0 aliphatic carbocycles. The summed E-state index contributed by atoms with van der Waals surface area (Å²) in [5, 5.41) is 3.18. The molecule has 0 bridgehead atoms. The average Bonchev–Trinajstić information content (AvgIpc) is 2.96. The van der Waals surface area contributed by atoms with Gasteiger partial charge in [0.15, 0.2) is 17.0 Å². The van der Waals surface area contributed by atoms with E-state index in [2.05, 4.69) is 25.3 Å². The van der Waals surface area contributed by atoms with Crippen LogP contribution in [-0.2, 0) is 4.74 Å². The summed E-state index contributed by atoms with van der Waals surface area (Å²) < 4.78 is 4.98. The number of ether oxygens (including phenoxy) is 1. The first-order chi connectivity index (χ1) is 10.7. The normalized spacial score (nSPS) is 10.6. The predicted octanol–water partition coefficient (Wildman–Crippen LogP) is 2.93. The zero-order valence-corrected chi connectivity index (χ0v) is 12.4. The number of imidazole rings is 1. The second-order valence-electron chi connectivity index (χ2n) is 4.37. The maximum Gasteiger partial charge on any atom is 0.338 e. The van der Waals surface area contributed by atoms with Crippen molar-refractivity contribution in [2.24, 2.45) is 0 Å². The molecule has 0 fully saturated rings. The largest absolute Gasteiger partial charge is 0.462 e. The molecule has 2 heterocycles. The Morgan fingerprint density at radius 2 is 2.27 bits per heavy atom. The van der Waals surface area contributed by atoms with E-state index in [1.54, 1.807) is 31.2 Å². The number of aromatic amines is 1. The molecule has 0 atom stereocenters. The Hall–Kier alpha value is -2.67. The summed E-state index contributed by atoms with van der Waals surface area (Å²) >= 11 is 5.89. The predicted molar refractivity (Wildman–Crippen MR) is 82.4 cm³/mol. The molecular formula is C14H12ClN5O2. The quantitative estimate of drug-likeness (QED) is 0.567. The van der Waals surface area contributed by atoms with Crippen LogP contribution in [0, 0.1) is 0 Å². The van der Waals surface area contributed by atoms with Gasteiger partial charge >= 0.3 is 5.97 Å². The highest BCUT2D eigenvalue weighted by atomic mass is 35.5. The molecule has 3 rings (SSSR count). The molecule has 0 spiro atoms. The number of benzene rings is 1. The van der Waals surface area contributed by atoms with Crippen LogP contribution in [0.3, 0.4) is 0 Å². The van der Waals surface area contributed by atoms with Crippen LogP contribution in [0.25, 0.3) is 11.2 Å². The van der Waals surface area contributed by atoms with Gasteiger partial charge in [0.05, 0.1) is 18.5 Å². The summed E-state index contributed by atoms with van der Waals surface area (Å²) in [6, 6.07) is 6.91. The third kappa shape index (κ3) is 2.84. The lowest BCUT2D eigenvalue weighted by Gasteiger charge is -2.08. The van der Waals surface area contributed by atoms with Crippen LogP contribution < -0.4 is 5.32 Å². The summed E-state index contributed by atoms with van der Waals surface area (Å²) in [5.41, 5.74) is 2.21. The highest BCUT2D eigenvalue weighted by molar-refractivity contribution is 6.28. The fourth-order valence-corrected chi connectivity index (χ4v) is 2.14. The van der Waals surface area contributed by atoms with Crippen molar-refractivity contribution in [1.29, 1.82) is 0 Å². The second kappa shape index (κ2) is 5.98. The van der Waals surface area contributed by atoms with Crippen LogP contribution in [0.4, 0.5) is 11.5 Å². The maximum atomic E-state index is 11.8. The molecule has 112 valence electrons. The topological polar surface area (TPSA) is 92.8 Å². The summed E-state index contributed by atoms with van der Waals surface area (Å²) in [7, 11) is 0. The highest BCUT2D eigenvalue weighted by Gasteiger charge is 2.11. The third-order valence-corrected chi connectivity index (χ3v) is 3.06. The fraction of sp³-hybridized carbons (Fsp3) is 0.143. The molecular weight excluding hydrogens is 306 g/mol. The molecule has 0 aliphatic rings. The lowest BCUT2D eigenvalue weighted by molar-refractivity contribution is 0.0526. The smallest absolute Gasteiger partial charge is 0.338 e. The first-order valence-corrected chi connectivity index (χ1v) is 6.96. The van der Waals surface area contributed by atoms with Gasteiger partial charge in [0.2, 0.25) is 5.28 Å². The molecule has 0 unspecified atom stereocenters. The van der Waals surface area contributed by atoms with Crippen LogP contribution in [0.15, 0.2) is 30.6 Å². The second-order valence-corrected chi connectivity index (χ2v) is 4.71. The lowest BCUT2D eigenvalue weighted by atomic mass is 10.2. The number of carbonyl (C=O) groups is 1. The van der Waals surface area contributed by atoms with Gasteiger partial charge in [-0.15, -0.1) is 0 Å². The number of halogens is 1. The Kier molecular flexibility index (Phi) is 3.88. The molecule has 7 nitrogen and oxygen atoms in total. The van der Waals surface area contributed by atoms with Gasteiger partial charge in [-0.25, -0.2) is 9.78 Å². The van der Waals surface area contributed by atoms with Crippen molar-refractivity contribution in [3.05, 3.63) is 41.4 Å². The van der Waals surface area contributed by atoms with Gasteiger partial charge in [0, 0.05) is 5.69 Å². The van der Waals surface area contributed by atoms with Gasteiger partial charge in [-0.3, -0.25) is 0 Å². The first-order valence-electron chi connectivity index (χ1n) is 6.58. The third-order valence-electron chi connectivity index (χ3n) is 2.89. The van der Waals surface area contributed by atoms with E-state index in [-0.39, 0.29) is 11.3 Å². The molecule has 22 heavy (non-hydrogen) atoms. The minimum Gasteiger partial charge on any atom is -0.462 e. The van der Waals surface area contributed by atoms with E-state index in [1.807, 2.05) is 0 Å². The molecule has 0 amide bonds. The molecule has 0 saturated heterocycles. The van der Waals surface area contributed by atoms with Crippen molar-refractivity contribution < 1.29 is 9.53 Å². The highest BCUT2D eigenvalue weighted by Crippen LogP contribution is 2.23. The van der Waals surface area contributed by atoms with Gasteiger partial charge in [-0.1, -0.05) is 6.07 Å². The van der Waals surface area contributed by atoms with Crippen molar-refractivity contribution in [1.82, 2.24) is 19.9 Å². The molecule has 1 aromatic carbocycles. The van der Waals surface area contributed by atoms with Crippen molar-refractivity contribution in [3.8, 4) is 0 Å². The van der Waals surface area contributed by atoms with Gasteiger partial charge in [-0.2, -0.15) is 9.97 Å². The molecule has 2 N–H and O–H groups in total. The monoisotopic (exact) mass is 317 g/mol. The Bertz CT molecular complexity index is 833. The Labute approximate surface area is 130 Å². The number of hydrogen-bond acceptors (Lipinski definition) is 6. The number of hydrogen-bond donors (Lipinski definition) is 2. The molecule has 0 saturated carbocycles. The summed E-state index contributed by atoms with van der Waals surface area (Å²) in [6.07, 6.45) is 1.51. The van der Waals surface area contributed by atoms with Gasteiger partial charge in [0.1, 0.15) is 0 Å². The molecule has 8 heteroatoms. The zero-order chi connectivity index (χ0) is 15.5. The number of fused-ring (bicyclic) bond motifs is 1. The van der Waals surface area contributed by atoms with Crippen molar-refractivity contribution in [3.63, 3.8) is 0 Å². The summed E-state index contributed by atoms with van der Waals surface area (Å²) in [4.78, 5) is 26.9. The first kappa shape index (κ1) is 14.3. The Morgan fingerprint density at radius 3 is 3.09 bits per heavy atom. The number of anilines is 2. The van der Waals surface area contributed by atoms with Crippen LogP contribution >= 0.6 is 11.6 Å². The standard InChI is InChI=1S/C14H12ClN5O2/c1-2-22-13(21)8-4-3-5-9(6-8)18-12-10-11(17-7-16-10)19-14(15)20-12/h3-7H,2H2,1H3,(H2,16,17,18,19,20). The van der Waals surface area contributed by atoms with Crippen LogP contribution in [0.5, 0.6) is 0 Å². The Balaban J connectivity index is 1.93. The van der Waals surface area contributed by atoms with E-state index in [1.165, 1.54) is 6.33 Å². The van der Waals surface area contributed by atoms with E-state index in [0.29, 0.717) is 34.8 Å². The molecule has 3 aromatic rings. The zero-order valence-electron chi connectivity index (χ0n) is 11.6. The van der Waals surface area contributed by atoms with Crippen molar-refractivity contribution in [2.45, 2.75) is 6.92 Å². The number of carbonyl (C=O) groups excluding carboxylic acids is 1. The number of esters is 1. The van der Waals surface area contributed by atoms with Gasteiger partial charge in [0.25, 0.3) is 0 Å². The van der Waals surface area contributed by atoms with E-state index in [9.17, 15) is 4.79 Å². The summed E-state index contributed by atoms with van der Waals surface area (Å²) in [6.45, 7) is 2.09. The minimum atomic E-state index is -0.378. The van der Waals surface area contributed by atoms with Crippen LogP contribution in [0.1, 0.15) is 17.3 Å². The number of rotatable bonds is 4. The van der Waals surface area contributed by atoms with Crippen LogP contribution in [-0.4, -0.2) is 32.5 Å². The van der Waals surface area contributed by atoms with Gasteiger partial charge in [-0.05, 0) is 36.7 Å². The van der Waals surface area contributed by atoms with E-state index in [0.717, 1.165) is 0 Å².